The van der Waals surface area contributed by atoms with E-state index in [2.05, 4.69) is 36.1 Å². The third kappa shape index (κ3) is 3.58. The Labute approximate surface area is 121 Å². The van der Waals surface area contributed by atoms with Gasteiger partial charge in [0.1, 0.15) is 0 Å². The van der Waals surface area contributed by atoms with Crippen molar-refractivity contribution in [2.75, 3.05) is 33.9 Å². The summed E-state index contributed by atoms with van der Waals surface area (Å²) in [6, 6.07) is 8.77. The molecule has 1 saturated heterocycles. The molecule has 1 aliphatic rings. The second-order valence-corrected chi connectivity index (χ2v) is 5.62. The Morgan fingerprint density at radius 1 is 1.15 bits per heavy atom. The van der Waals surface area contributed by atoms with Gasteiger partial charge in [-0.2, -0.15) is 0 Å². The molecule has 3 unspecified atom stereocenters. The van der Waals surface area contributed by atoms with E-state index in [0.29, 0.717) is 12.5 Å². The van der Waals surface area contributed by atoms with E-state index in [1.165, 1.54) is 11.1 Å². The molecule has 1 heterocycles. The van der Waals surface area contributed by atoms with Gasteiger partial charge in [0.15, 0.2) is 0 Å². The lowest BCUT2D eigenvalue weighted by molar-refractivity contribution is -0.00461. The molecule has 1 aromatic carbocycles. The number of hydrogen-bond acceptors (Lipinski definition) is 4. The van der Waals surface area contributed by atoms with Crippen molar-refractivity contribution in [2.24, 2.45) is 5.73 Å². The summed E-state index contributed by atoms with van der Waals surface area (Å²) in [5.74, 6) is 0.423. The summed E-state index contributed by atoms with van der Waals surface area (Å²) < 4.78 is 10.9. The Balaban J connectivity index is 1.94. The van der Waals surface area contributed by atoms with Crippen molar-refractivity contribution in [3.63, 3.8) is 0 Å². The minimum absolute atomic E-state index is 0.177. The van der Waals surface area contributed by atoms with Crippen molar-refractivity contribution < 1.29 is 9.47 Å². The molecule has 0 aliphatic carbocycles. The number of rotatable bonds is 6. The number of hydrogen-bond donors (Lipinski definition) is 1. The smallest absolute Gasteiger partial charge is 0.0971 e. The summed E-state index contributed by atoms with van der Waals surface area (Å²) in [6.07, 6.45) is 0.355. The molecule has 4 nitrogen and oxygen atoms in total. The SMILES string of the molecule is COC1CN(Cc2ccc(C(C)CN)cc2)CC1OC. The van der Waals surface area contributed by atoms with E-state index in [9.17, 15) is 0 Å². The summed E-state index contributed by atoms with van der Waals surface area (Å²) in [6.45, 7) is 5.64. The minimum atomic E-state index is 0.177. The molecular weight excluding hydrogens is 252 g/mol. The van der Waals surface area contributed by atoms with Crippen LogP contribution in [-0.2, 0) is 16.0 Å². The first-order valence-corrected chi connectivity index (χ1v) is 7.24. The zero-order valence-corrected chi connectivity index (χ0v) is 12.7. The highest BCUT2D eigenvalue weighted by atomic mass is 16.5. The first-order valence-electron chi connectivity index (χ1n) is 7.24. The quantitative estimate of drug-likeness (QED) is 0.858. The number of ether oxygens (including phenoxy) is 2. The maximum Gasteiger partial charge on any atom is 0.0971 e. The van der Waals surface area contributed by atoms with E-state index in [-0.39, 0.29) is 12.2 Å². The molecule has 1 aliphatic heterocycles. The topological polar surface area (TPSA) is 47.7 Å². The van der Waals surface area contributed by atoms with Gasteiger partial charge in [0, 0.05) is 33.9 Å². The Hall–Kier alpha value is -0.940. The van der Waals surface area contributed by atoms with Crippen molar-refractivity contribution in [2.45, 2.75) is 31.6 Å². The molecule has 0 bridgehead atoms. The van der Waals surface area contributed by atoms with E-state index in [1.807, 2.05) is 0 Å². The van der Waals surface area contributed by atoms with Crippen LogP contribution in [0.4, 0.5) is 0 Å². The lowest BCUT2D eigenvalue weighted by Crippen LogP contribution is -2.27. The molecule has 4 heteroatoms. The summed E-state index contributed by atoms with van der Waals surface area (Å²) in [5.41, 5.74) is 8.33. The van der Waals surface area contributed by atoms with Crippen LogP contribution in [0.1, 0.15) is 24.0 Å². The average molecular weight is 278 g/mol. The van der Waals surface area contributed by atoms with E-state index < -0.39 is 0 Å². The normalized spacial score (nSPS) is 25.0. The number of nitrogens with two attached hydrogens (primary N) is 1. The van der Waals surface area contributed by atoms with E-state index >= 15 is 0 Å². The third-order valence-electron chi connectivity index (χ3n) is 4.20. The number of methoxy groups -OCH3 is 2. The maximum absolute atomic E-state index is 5.70. The maximum atomic E-state index is 5.70. The molecule has 1 fully saturated rings. The van der Waals surface area contributed by atoms with Gasteiger partial charge in [0.05, 0.1) is 12.2 Å². The predicted octanol–water partition coefficient (Wildman–Crippen LogP) is 1.59. The zero-order valence-electron chi connectivity index (χ0n) is 12.7. The first-order chi connectivity index (χ1) is 9.67. The van der Waals surface area contributed by atoms with E-state index in [0.717, 1.165) is 19.6 Å². The van der Waals surface area contributed by atoms with E-state index in [4.69, 9.17) is 15.2 Å². The van der Waals surface area contributed by atoms with Gasteiger partial charge in [-0.05, 0) is 23.6 Å². The molecule has 0 aromatic heterocycles. The first kappa shape index (κ1) is 15.4. The van der Waals surface area contributed by atoms with Crippen LogP contribution in [0.5, 0.6) is 0 Å². The molecule has 0 spiro atoms. The van der Waals surface area contributed by atoms with Crippen molar-refractivity contribution in [1.29, 1.82) is 0 Å². The van der Waals surface area contributed by atoms with Crippen molar-refractivity contribution in [1.82, 2.24) is 4.90 Å². The number of likely N-dealkylation sites (tertiary alicyclic amines) is 1. The van der Waals surface area contributed by atoms with Gasteiger partial charge in [0.2, 0.25) is 0 Å². The van der Waals surface area contributed by atoms with Crippen LogP contribution in [-0.4, -0.2) is 51.0 Å². The van der Waals surface area contributed by atoms with Gasteiger partial charge in [0.25, 0.3) is 0 Å². The summed E-state index contributed by atoms with van der Waals surface area (Å²) in [4.78, 5) is 2.38. The molecule has 2 N–H and O–H groups in total. The van der Waals surface area contributed by atoms with Crippen LogP contribution in [0.2, 0.25) is 0 Å². The molecule has 0 radical (unpaired) electrons. The second-order valence-electron chi connectivity index (χ2n) is 5.62. The summed E-state index contributed by atoms with van der Waals surface area (Å²) >= 11 is 0. The molecule has 3 atom stereocenters. The van der Waals surface area contributed by atoms with Crippen LogP contribution >= 0.6 is 0 Å². The third-order valence-corrected chi connectivity index (χ3v) is 4.20. The van der Waals surface area contributed by atoms with Gasteiger partial charge >= 0.3 is 0 Å². The molecule has 20 heavy (non-hydrogen) atoms. The highest BCUT2D eigenvalue weighted by Gasteiger charge is 2.32. The molecule has 1 aromatic rings. The highest BCUT2D eigenvalue weighted by Crippen LogP contribution is 2.20. The summed E-state index contributed by atoms with van der Waals surface area (Å²) in [7, 11) is 3.51. The van der Waals surface area contributed by atoms with Gasteiger partial charge < -0.3 is 15.2 Å². The Kier molecular flexibility index (Phi) is 5.54. The fraction of sp³-hybridized carbons (Fsp3) is 0.625. The zero-order chi connectivity index (χ0) is 14.5. The second kappa shape index (κ2) is 7.18. The van der Waals surface area contributed by atoms with Crippen LogP contribution in [0, 0.1) is 0 Å². The molecular formula is C16H26N2O2. The fourth-order valence-corrected chi connectivity index (χ4v) is 2.75. The molecule has 0 amide bonds. The Bertz CT molecular complexity index is 395. The fourth-order valence-electron chi connectivity index (χ4n) is 2.75. The minimum Gasteiger partial charge on any atom is -0.377 e. The van der Waals surface area contributed by atoms with Gasteiger partial charge in [-0.1, -0.05) is 31.2 Å². The number of nitrogens with zero attached hydrogens (tertiary/aromatic N) is 1. The molecule has 0 saturated carbocycles. The van der Waals surface area contributed by atoms with Crippen LogP contribution in [0.25, 0.3) is 0 Å². The van der Waals surface area contributed by atoms with Crippen molar-refractivity contribution in [3.8, 4) is 0 Å². The number of benzene rings is 1. The standard InChI is InChI=1S/C16H26N2O2/c1-12(8-17)14-6-4-13(5-7-14)9-18-10-15(19-2)16(11-18)20-3/h4-7,12,15-16H,8-11,17H2,1-3H3. The van der Waals surface area contributed by atoms with Crippen LogP contribution in [0.3, 0.4) is 0 Å². The van der Waals surface area contributed by atoms with Gasteiger partial charge in [-0.3, -0.25) is 4.90 Å². The Morgan fingerprint density at radius 3 is 2.15 bits per heavy atom. The average Bonchev–Trinajstić information content (AvgIpc) is 2.89. The largest absolute Gasteiger partial charge is 0.377 e. The lowest BCUT2D eigenvalue weighted by atomic mass is 10.00. The van der Waals surface area contributed by atoms with Crippen LogP contribution < -0.4 is 5.73 Å². The monoisotopic (exact) mass is 278 g/mol. The predicted molar refractivity (Wildman–Crippen MR) is 80.8 cm³/mol. The summed E-state index contributed by atoms with van der Waals surface area (Å²) in [5, 5.41) is 0. The highest BCUT2D eigenvalue weighted by molar-refractivity contribution is 5.25. The van der Waals surface area contributed by atoms with Gasteiger partial charge in [-0.15, -0.1) is 0 Å². The molecule has 112 valence electrons. The van der Waals surface area contributed by atoms with Crippen molar-refractivity contribution in [3.05, 3.63) is 35.4 Å². The lowest BCUT2D eigenvalue weighted by Gasteiger charge is -2.16. The van der Waals surface area contributed by atoms with Crippen molar-refractivity contribution >= 4 is 0 Å². The van der Waals surface area contributed by atoms with Crippen LogP contribution in [0.15, 0.2) is 24.3 Å². The molecule has 2 rings (SSSR count). The van der Waals surface area contributed by atoms with E-state index in [1.54, 1.807) is 14.2 Å². The Morgan fingerprint density at radius 2 is 1.70 bits per heavy atom. The van der Waals surface area contributed by atoms with Gasteiger partial charge in [-0.25, -0.2) is 0 Å².